The first-order chi connectivity index (χ1) is 8.97. The third-order valence-electron chi connectivity index (χ3n) is 2.52. The topological polar surface area (TPSA) is 99.3 Å². The first-order valence-corrected chi connectivity index (χ1v) is 7.82. The Hall–Kier alpha value is -0.890. The Kier molecular flexibility index (Phi) is 6.50. The quantitative estimate of drug-likeness (QED) is 0.620. The molecule has 0 saturated carbocycles. The lowest BCUT2D eigenvalue weighted by atomic mass is 10.2. The Bertz CT molecular complexity index is 556. The van der Waals surface area contributed by atoms with Crippen LogP contribution in [0.3, 0.4) is 0 Å². The molecule has 0 aliphatic carbocycles. The molecule has 0 bridgehead atoms. The zero-order valence-corrected chi connectivity index (χ0v) is 11.9. The summed E-state index contributed by atoms with van der Waals surface area (Å²) in [5.41, 5.74) is -0.523. The summed E-state index contributed by atoms with van der Waals surface area (Å²) >= 11 is 5.58. The van der Waals surface area contributed by atoms with Crippen LogP contribution in [0.4, 0.5) is 0 Å². The maximum Gasteiger partial charge on any atom is 0.266 e. The number of H-pyrrole nitrogens is 1. The van der Waals surface area contributed by atoms with Crippen molar-refractivity contribution in [3.63, 3.8) is 0 Å². The van der Waals surface area contributed by atoms with Crippen LogP contribution in [0.5, 0.6) is 0 Å². The molecular formula is C11H17ClN2O4S. The number of aliphatic hydroxyl groups excluding tert-OH is 1. The van der Waals surface area contributed by atoms with Gasteiger partial charge in [-0.25, -0.2) is 13.1 Å². The molecule has 0 amide bonds. The molecule has 1 aromatic heterocycles. The molecule has 1 heterocycles. The summed E-state index contributed by atoms with van der Waals surface area (Å²) in [7, 11) is -3.65. The second-order valence-electron chi connectivity index (χ2n) is 4.05. The molecule has 0 aliphatic heterocycles. The Morgan fingerprint density at radius 3 is 2.58 bits per heavy atom. The fourth-order valence-corrected chi connectivity index (χ4v) is 2.78. The van der Waals surface area contributed by atoms with Crippen molar-refractivity contribution in [2.24, 2.45) is 0 Å². The molecule has 6 nitrogen and oxygen atoms in total. The third kappa shape index (κ3) is 5.32. The van der Waals surface area contributed by atoms with Gasteiger partial charge >= 0.3 is 0 Å². The predicted molar refractivity (Wildman–Crippen MR) is 72.8 cm³/mol. The van der Waals surface area contributed by atoms with Gasteiger partial charge in [0.2, 0.25) is 10.0 Å². The number of hydrogen-bond donors (Lipinski definition) is 3. The van der Waals surface area contributed by atoms with E-state index in [1.54, 1.807) is 0 Å². The Morgan fingerprint density at radius 1 is 1.26 bits per heavy atom. The molecule has 0 saturated heterocycles. The van der Waals surface area contributed by atoms with E-state index in [2.05, 4.69) is 9.71 Å². The first kappa shape index (κ1) is 16.2. The molecule has 3 N–H and O–H groups in total. The fraction of sp³-hybridized carbons (Fsp3) is 0.545. The van der Waals surface area contributed by atoms with Crippen LogP contribution in [0.25, 0.3) is 0 Å². The van der Waals surface area contributed by atoms with Crippen molar-refractivity contribution in [1.29, 1.82) is 0 Å². The third-order valence-corrected chi connectivity index (χ3v) is 4.24. The molecule has 108 valence electrons. The summed E-state index contributed by atoms with van der Waals surface area (Å²) in [5.74, 6) is 0. The van der Waals surface area contributed by atoms with E-state index in [1.807, 2.05) is 0 Å². The van der Waals surface area contributed by atoms with Crippen LogP contribution in [0.2, 0.25) is 5.02 Å². The molecule has 0 spiro atoms. The van der Waals surface area contributed by atoms with Gasteiger partial charge < -0.3 is 10.1 Å². The average Bonchev–Trinajstić information content (AvgIpc) is 2.36. The van der Waals surface area contributed by atoms with E-state index >= 15 is 0 Å². The van der Waals surface area contributed by atoms with Crippen molar-refractivity contribution in [2.45, 2.75) is 30.6 Å². The first-order valence-electron chi connectivity index (χ1n) is 5.96. The number of pyridine rings is 1. The summed E-state index contributed by atoms with van der Waals surface area (Å²) in [6.45, 7) is 0.464. The second kappa shape index (κ2) is 7.64. The molecular weight excluding hydrogens is 292 g/mol. The van der Waals surface area contributed by atoms with Gasteiger partial charge in [0.1, 0.15) is 5.02 Å². The van der Waals surface area contributed by atoms with Gasteiger partial charge in [0.25, 0.3) is 5.56 Å². The maximum atomic E-state index is 11.9. The van der Waals surface area contributed by atoms with E-state index < -0.39 is 15.6 Å². The zero-order valence-electron chi connectivity index (χ0n) is 10.4. The summed E-state index contributed by atoms with van der Waals surface area (Å²) < 4.78 is 26.1. The molecule has 0 fully saturated rings. The van der Waals surface area contributed by atoms with E-state index in [9.17, 15) is 13.2 Å². The van der Waals surface area contributed by atoms with Crippen LogP contribution in [0.15, 0.2) is 22.0 Å². The van der Waals surface area contributed by atoms with Crippen molar-refractivity contribution in [2.75, 3.05) is 13.2 Å². The van der Waals surface area contributed by atoms with Crippen LogP contribution in [-0.4, -0.2) is 31.7 Å². The number of halogens is 1. The molecule has 8 heteroatoms. The highest BCUT2D eigenvalue weighted by molar-refractivity contribution is 7.89. The summed E-state index contributed by atoms with van der Waals surface area (Å²) in [6.07, 6.45) is 4.24. The summed E-state index contributed by atoms with van der Waals surface area (Å²) in [4.78, 5) is 13.2. The number of aromatic amines is 1. The summed E-state index contributed by atoms with van der Waals surface area (Å²) in [6, 6.07) is 1.12. The zero-order chi connectivity index (χ0) is 14.3. The van der Waals surface area contributed by atoms with E-state index in [1.165, 1.54) is 0 Å². The smallest absolute Gasteiger partial charge is 0.266 e. The van der Waals surface area contributed by atoms with Crippen LogP contribution >= 0.6 is 11.6 Å². The molecule has 0 radical (unpaired) electrons. The van der Waals surface area contributed by atoms with Crippen molar-refractivity contribution in [1.82, 2.24) is 9.71 Å². The number of rotatable bonds is 8. The van der Waals surface area contributed by atoms with Gasteiger partial charge in [0.15, 0.2) is 0 Å². The molecule has 0 atom stereocenters. The number of sulfonamides is 1. The number of unbranched alkanes of at least 4 members (excludes halogenated alkanes) is 3. The highest BCUT2D eigenvalue weighted by Crippen LogP contribution is 2.10. The number of aliphatic hydroxyl groups is 1. The molecule has 0 aliphatic rings. The lowest BCUT2D eigenvalue weighted by Gasteiger charge is -2.06. The normalized spacial score (nSPS) is 11.7. The van der Waals surface area contributed by atoms with E-state index in [0.29, 0.717) is 13.0 Å². The van der Waals surface area contributed by atoms with Crippen molar-refractivity contribution < 1.29 is 13.5 Å². The van der Waals surface area contributed by atoms with Gasteiger partial charge in [-0.05, 0) is 18.9 Å². The van der Waals surface area contributed by atoms with Crippen LogP contribution in [0, 0.1) is 0 Å². The van der Waals surface area contributed by atoms with Gasteiger partial charge in [-0.3, -0.25) is 4.79 Å². The highest BCUT2D eigenvalue weighted by Gasteiger charge is 2.14. The van der Waals surface area contributed by atoms with Crippen LogP contribution in [-0.2, 0) is 10.0 Å². The number of aromatic nitrogens is 1. The van der Waals surface area contributed by atoms with Crippen LogP contribution < -0.4 is 10.3 Å². The van der Waals surface area contributed by atoms with E-state index in [-0.39, 0.29) is 16.5 Å². The number of hydrogen-bond acceptors (Lipinski definition) is 4. The molecule has 1 rings (SSSR count). The van der Waals surface area contributed by atoms with Crippen molar-refractivity contribution in [3.05, 3.63) is 27.6 Å². The van der Waals surface area contributed by atoms with Crippen molar-refractivity contribution >= 4 is 21.6 Å². The summed E-state index contributed by atoms with van der Waals surface area (Å²) in [5, 5.41) is 8.43. The van der Waals surface area contributed by atoms with Crippen molar-refractivity contribution in [3.8, 4) is 0 Å². The van der Waals surface area contributed by atoms with Gasteiger partial charge in [-0.1, -0.05) is 24.4 Å². The minimum absolute atomic E-state index is 0.0625. The maximum absolute atomic E-state index is 11.9. The highest BCUT2D eigenvalue weighted by atomic mass is 35.5. The number of nitrogens with one attached hydrogen (secondary N) is 2. The predicted octanol–water partition coefficient (Wildman–Crippen LogP) is 0.859. The Labute approximate surface area is 116 Å². The molecule has 1 aromatic rings. The monoisotopic (exact) mass is 308 g/mol. The molecule has 19 heavy (non-hydrogen) atoms. The Morgan fingerprint density at radius 2 is 1.95 bits per heavy atom. The van der Waals surface area contributed by atoms with Gasteiger partial charge in [-0.15, -0.1) is 0 Å². The Balaban J connectivity index is 2.51. The van der Waals surface area contributed by atoms with Gasteiger partial charge in [-0.2, -0.15) is 0 Å². The minimum atomic E-state index is -3.65. The van der Waals surface area contributed by atoms with Crippen LogP contribution in [0.1, 0.15) is 25.7 Å². The fourth-order valence-electron chi connectivity index (χ4n) is 1.47. The van der Waals surface area contributed by atoms with E-state index in [4.69, 9.17) is 16.7 Å². The second-order valence-corrected chi connectivity index (χ2v) is 6.22. The largest absolute Gasteiger partial charge is 0.396 e. The van der Waals surface area contributed by atoms with Gasteiger partial charge in [0.05, 0.1) is 4.90 Å². The molecule has 0 unspecified atom stereocenters. The standard InChI is InChI=1S/C11H17ClN2O4S/c12-10-7-9(8-13-11(10)16)19(17,18)14-5-3-1-2-4-6-15/h7-8,14-15H,1-6H2,(H,13,16). The lowest BCUT2D eigenvalue weighted by molar-refractivity contribution is 0.282. The average molecular weight is 309 g/mol. The SMILES string of the molecule is O=c1[nH]cc(S(=O)(=O)NCCCCCCO)cc1Cl. The van der Waals surface area contributed by atoms with E-state index in [0.717, 1.165) is 31.5 Å². The molecule has 0 aromatic carbocycles. The lowest BCUT2D eigenvalue weighted by Crippen LogP contribution is -2.25. The minimum Gasteiger partial charge on any atom is -0.396 e. The van der Waals surface area contributed by atoms with Gasteiger partial charge in [0, 0.05) is 19.3 Å².